The average Bonchev–Trinajstić information content (AvgIpc) is 2.49. The van der Waals surface area contributed by atoms with Crippen LogP contribution >= 0.6 is 0 Å². The van der Waals surface area contributed by atoms with E-state index >= 15 is 0 Å². The van der Waals surface area contributed by atoms with E-state index in [9.17, 15) is 14.7 Å². The summed E-state index contributed by atoms with van der Waals surface area (Å²) in [5.41, 5.74) is 1.83. The molecular formula is C17H18N2O4. The van der Waals surface area contributed by atoms with Crippen LogP contribution in [-0.4, -0.2) is 24.0 Å². The van der Waals surface area contributed by atoms with E-state index in [1.807, 2.05) is 0 Å². The predicted molar refractivity (Wildman–Crippen MR) is 87.7 cm³/mol. The van der Waals surface area contributed by atoms with Crippen molar-refractivity contribution in [3.8, 4) is 11.5 Å². The summed E-state index contributed by atoms with van der Waals surface area (Å²) in [5, 5.41) is 14.6. The third kappa shape index (κ3) is 4.74. The predicted octanol–water partition coefficient (Wildman–Crippen LogP) is 2.54. The highest BCUT2D eigenvalue weighted by Crippen LogP contribution is 2.27. The Balaban J connectivity index is 2.08. The van der Waals surface area contributed by atoms with E-state index in [1.165, 1.54) is 26.2 Å². The van der Waals surface area contributed by atoms with Crippen molar-refractivity contribution in [2.75, 3.05) is 17.7 Å². The van der Waals surface area contributed by atoms with Gasteiger partial charge in [0.1, 0.15) is 11.5 Å². The van der Waals surface area contributed by atoms with Crippen molar-refractivity contribution < 1.29 is 19.4 Å². The molecule has 120 valence electrons. The zero-order valence-electron chi connectivity index (χ0n) is 12.9. The number of ether oxygens (including phenoxy) is 1. The molecule has 2 rings (SSSR count). The summed E-state index contributed by atoms with van der Waals surface area (Å²) >= 11 is 0. The van der Waals surface area contributed by atoms with Crippen molar-refractivity contribution in [3.05, 3.63) is 48.0 Å². The maximum absolute atomic E-state index is 12.1. The molecule has 0 unspecified atom stereocenters. The van der Waals surface area contributed by atoms with Crippen LogP contribution in [0.15, 0.2) is 42.5 Å². The summed E-state index contributed by atoms with van der Waals surface area (Å²) in [6.45, 7) is 1.40. The van der Waals surface area contributed by atoms with Crippen LogP contribution in [0.2, 0.25) is 0 Å². The van der Waals surface area contributed by atoms with Gasteiger partial charge in [0, 0.05) is 12.6 Å². The second kappa shape index (κ2) is 7.31. The second-order valence-corrected chi connectivity index (χ2v) is 4.99. The molecule has 0 aromatic heterocycles. The van der Waals surface area contributed by atoms with Crippen molar-refractivity contribution >= 4 is 23.2 Å². The molecule has 0 atom stereocenters. The first kappa shape index (κ1) is 16.4. The summed E-state index contributed by atoms with van der Waals surface area (Å²) in [5.74, 6) is 0.242. The van der Waals surface area contributed by atoms with Crippen LogP contribution in [0.3, 0.4) is 0 Å². The van der Waals surface area contributed by atoms with Crippen molar-refractivity contribution in [2.24, 2.45) is 0 Å². The summed E-state index contributed by atoms with van der Waals surface area (Å²) in [6, 6.07) is 11.4. The molecule has 0 spiro atoms. The largest absolute Gasteiger partial charge is 0.508 e. The summed E-state index contributed by atoms with van der Waals surface area (Å²) in [4.78, 5) is 23.3. The lowest BCUT2D eigenvalue weighted by Gasteiger charge is -2.12. The molecule has 0 bridgehead atoms. The van der Waals surface area contributed by atoms with Crippen LogP contribution in [0.4, 0.5) is 11.4 Å². The lowest BCUT2D eigenvalue weighted by Crippen LogP contribution is -2.15. The van der Waals surface area contributed by atoms with Crippen LogP contribution in [0.5, 0.6) is 11.5 Å². The minimum atomic E-state index is -0.226. The monoisotopic (exact) mass is 314 g/mol. The highest BCUT2D eigenvalue weighted by molar-refractivity contribution is 5.95. The van der Waals surface area contributed by atoms with Gasteiger partial charge in [0.05, 0.1) is 19.2 Å². The van der Waals surface area contributed by atoms with Gasteiger partial charge in [-0.2, -0.15) is 0 Å². The van der Waals surface area contributed by atoms with Crippen molar-refractivity contribution in [1.82, 2.24) is 0 Å². The fourth-order valence-electron chi connectivity index (χ4n) is 2.08. The van der Waals surface area contributed by atoms with Gasteiger partial charge in [-0.15, -0.1) is 0 Å². The molecule has 23 heavy (non-hydrogen) atoms. The highest BCUT2D eigenvalue weighted by atomic mass is 16.5. The maximum Gasteiger partial charge on any atom is 0.228 e. The number of nitrogens with one attached hydrogen (secondary N) is 2. The number of hydrogen-bond acceptors (Lipinski definition) is 4. The number of anilines is 2. The minimum Gasteiger partial charge on any atom is -0.508 e. The number of methoxy groups -OCH3 is 1. The first-order valence-electron chi connectivity index (χ1n) is 7.01. The Labute approximate surface area is 134 Å². The van der Waals surface area contributed by atoms with Crippen molar-refractivity contribution in [1.29, 1.82) is 0 Å². The molecule has 0 saturated carbocycles. The Morgan fingerprint density at radius 3 is 2.39 bits per heavy atom. The fourth-order valence-corrected chi connectivity index (χ4v) is 2.08. The van der Waals surface area contributed by atoms with Gasteiger partial charge in [0.25, 0.3) is 0 Å². The molecule has 0 aliphatic heterocycles. The molecule has 0 radical (unpaired) electrons. The third-order valence-electron chi connectivity index (χ3n) is 3.09. The van der Waals surface area contributed by atoms with Gasteiger partial charge >= 0.3 is 0 Å². The quantitative estimate of drug-likeness (QED) is 0.791. The number of hydrogen-bond donors (Lipinski definition) is 3. The first-order valence-corrected chi connectivity index (χ1v) is 7.01. The molecule has 0 aliphatic rings. The standard InChI is InChI=1S/C17H18N2O4/c1-11(20)18-15-10-13(5-8-16(15)23-2)19-17(22)9-12-3-6-14(21)7-4-12/h3-8,10,21H,9H2,1-2H3,(H,18,20)(H,19,22). The van der Waals surface area contributed by atoms with Crippen molar-refractivity contribution in [2.45, 2.75) is 13.3 Å². The van der Waals surface area contributed by atoms with Crippen LogP contribution in [-0.2, 0) is 16.0 Å². The van der Waals surface area contributed by atoms with E-state index in [0.717, 1.165) is 5.56 Å². The number of aromatic hydroxyl groups is 1. The Morgan fingerprint density at radius 1 is 1.09 bits per heavy atom. The zero-order chi connectivity index (χ0) is 16.8. The van der Waals surface area contributed by atoms with E-state index in [-0.39, 0.29) is 24.0 Å². The summed E-state index contributed by atoms with van der Waals surface area (Å²) in [7, 11) is 1.50. The molecule has 2 aromatic carbocycles. The topological polar surface area (TPSA) is 87.7 Å². The Kier molecular flexibility index (Phi) is 5.19. The number of phenols is 1. The normalized spacial score (nSPS) is 10.0. The molecule has 3 N–H and O–H groups in total. The minimum absolute atomic E-state index is 0.157. The van der Waals surface area contributed by atoms with Gasteiger partial charge in [0.2, 0.25) is 11.8 Å². The van der Waals surface area contributed by atoms with Crippen molar-refractivity contribution in [3.63, 3.8) is 0 Å². The molecule has 0 aliphatic carbocycles. The maximum atomic E-state index is 12.1. The molecule has 0 heterocycles. The van der Waals surface area contributed by atoms with E-state index in [0.29, 0.717) is 17.1 Å². The summed E-state index contributed by atoms with van der Waals surface area (Å²) in [6.07, 6.45) is 0.182. The first-order chi connectivity index (χ1) is 11.0. The van der Waals surface area contributed by atoms with Crippen LogP contribution in [0.1, 0.15) is 12.5 Å². The molecule has 2 amide bonds. The smallest absolute Gasteiger partial charge is 0.228 e. The van der Waals surface area contributed by atoms with E-state index in [1.54, 1.807) is 30.3 Å². The summed E-state index contributed by atoms with van der Waals surface area (Å²) < 4.78 is 5.16. The second-order valence-electron chi connectivity index (χ2n) is 4.99. The lowest BCUT2D eigenvalue weighted by atomic mass is 10.1. The van der Waals surface area contributed by atoms with Gasteiger partial charge in [-0.05, 0) is 35.9 Å². The Morgan fingerprint density at radius 2 is 1.78 bits per heavy atom. The van der Waals surface area contributed by atoms with Gasteiger partial charge in [-0.3, -0.25) is 9.59 Å². The van der Waals surface area contributed by atoms with Gasteiger partial charge in [0.15, 0.2) is 0 Å². The third-order valence-corrected chi connectivity index (χ3v) is 3.09. The number of amides is 2. The van der Waals surface area contributed by atoms with Crippen LogP contribution < -0.4 is 15.4 Å². The number of carbonyl (C=O) groups is 2. The molecular weight excluding hydrogens is 296 g/mol. The number of benzene rings is 2. The average molecular weight is 314 g/mol. The molecule has 0 saturated heterocycles. The van der Waals surface area contributed by atoms with Crippen LogP contribution in [0, 0.1) is 0 Å². The van der Waals surface area contributed by atoms with Gasteiger partial charge < -0.3 is 20.5 Å². The van der Waals surface area contributed by atoms with Gasteiger partial charge in [-0.25, -0.2) is 0 Å². The van der Waals surface area contributed by atoms with E-state index < -0.39 is 0 Å². The van der Waals surface area contributed by atoms with Crippen LogP contribution in [0.25, 0.3) is 0 Å². The van der Waals surface area contributed by atoms with E-state index in [4.69, 9.17) is 4.74 Å². The number of rotatable bonds is 5. The molecule has 6 nitrogen and oxygen atoms in total. The SMILES string of the molecule is COc1ccc(NC(=O)Cc2ccc(O)cc2)cc1NC(C)=O. The van der Waals surface area contributed by atoms with E-state index in [2.05, 4.69) is 10.6 Å². The highest BCUT2D eigenvalue weighted by Gasteiger charge is 2.09. The van der Waals surface area contributed by atoms with Gasteiger partial charge in [-0.1, -0.05) is 12.1 Å². The Bertz CT molecular complexity index is 711. The Hall–Kier alpha value is -3.02. The zero-order valence-corrected chi connectivity index (χ0v) is 12.9. The molecule has 0 fully saturated rings. The molecule has 6 heteroatoms. The number of carbonyl (C=O) groups excluding carboxylic acids is 2. The molecule has 2 aromatic rings. The fraction of sp³-hybridized carbons (Fsp3) is 0.176. The number of phenolic OH excluding ortho intramolecular Hbond substituents is 1. The lowest BCUT2D eigenvalue weighted by molar-refractivity contribution is -0.115.